The first kappa shape index (κ1) is 12.3. The summed E-state index contributed by atoms with van der Waals surface area (Å²) in [5.74, 6) is 1.74. The second-order valence-corrected chi connectivity index (χ2v) is 6.15. The fraction of sp³-hybridized carbons (Fsp3) is 0.438. The molecule has 1 saturated carbocycles. The fourth-order valence-corrected chi connectivity index (χ4v) is 3.25. The van der Waals surface area contributed by atoms with Crippen LogP contribution in [0.2, 0.25) is 5.15 Å². The van der Waals surface area contributed by atoms with Crippen LogP contribution < -0.4 is 0 Å². The first-order valence-corrected chi connectivity index (χ1v) is 7.59. The molecule has 0 saturated heterocycles. The molecule has 102 valence electrons. The summed E-state index contributed by atoms with van der Waals surface area (Å²) >= 11 is 6.32. The van der Waals surface area contributed by atoms with Crippen molar-refractivity contribution in [1.29, 1.82) is 0 Å². The highest BCUT2D eigenvalue weighted by molar-refractivity contribution is 6.30. The van der Waals surface area contributed by atoms with Crippen LogP contribution in [0.15, 0.2) is 18.3 Å². The molecule has 2 aliphatic carbocycles. The molecule has 2 heterocycles. The van der Waals surface area contributed by atoms with Crippen molar-refractivity contribution in [2.45, 2.75) is 44.4 Å². The summed E-state index contributed by atoms with van der Waals surface area (Å²) < 4.78 is 0. The van der Waals surface area contributed by atoms with Gasteiger partial charge in [-0.25, -0.2) is 9.97 Å². The highest BCUT2D eigenvalue weighted by Crippen LogP contribution is 2.42. The molecule has 0 spiro atoms. The average Bonchev–Trinajstić information content (AvgIpc) is 3.22. The van der Waals surface area contributed by atoms with Crippen LogP contribution in [0.4, 0.5) is 0 Å². The summed E-state index contributed by atoms with van der Waals surface area (Å²) in [4.78, 5) is 13.9. The Morgan fingerprint density at radius 2 is 2.00 bits per heavy atom. The zero-order valence-corrected chi connectivity index (χ0v) is 12.2. The van der Waals surface area contributed by atoms with E-state index in [1.807, 2.05) is 19.2 Å². The Kier molecular flexibility index (Phi) is 2.77. The number of pyridine rings is 1. The van der Waals surface area contributed by atoms with Crippen LogP contribution >= 0.6 is 11.6 Å². The molecule has 1 unspecified atom stereocenters. The van der Waals surface area contributed by atoms with E-state index in [4.69, 9.17) is 16.6 Å². The predicted octanol–water partition coefficient (Wildman–Crippen LogP) is 3.79. The molecular weight excluding hydrogens is 270 g/mol. The Morgan fingerprint density at radius 1 is 1.15 bits per heavy atom. The summed E-state index contributed by atoms with van der Waals surface area (Å²) in [5, 5.41) is 0.612. The number of nitrogens with zero attached hydrogens (tertiary/aromatic N) is 3. The van der Waals surface area contributed by atoms with Crippen molar-refractivity contribution in [3.8, 4) is 0 Å². The van der Waals surface area contributed by atoms with Gasteiger partial charge >= 0.3 is 0 Å². The zero-order valence-electron chi connectivity index (χ0n) is 11.4. The molecule has 1 fully saturated rings. The Morgan fingerprint density at radius 3 is 2.80 bits per heavy atom. The molecule has 0 radical (unpaired) electrons. The van der Waals surface area contributed by atoms with Crippen LogP contribution in [0.3, 0.4) is 0 Å². The van der Waals surface area contributed by atoms with E-state index >= 15 is 0 Å². The van der Waals surface area contributed by atoms with Gasteiger partial charge in [0.15, 0.2) is 0 Å². The predicted molar refractivity (Wildman–Crippen MR) is 78.2 cm³/mol. The van der Waals surface area contributed by atoms with Crippen molar-refractivity contribution in [3.05, 3.63) is 51.8 Å². The maximum absolute atomic E-state index is 6.32. The van der Waals surface area contributed by atoms with Gasteiger partial charge < -0.3 is 0 Å². The summed E-state index contributed by atoms with van der Waals surface area (Å²) in [7, 11) is 0. The topological polar surface area (TPSA) is 38.7 Å². The Bertz CT molecular complexity index is 679. The SMILES string of the molecule is Cc1c(Cl)nc(C2CC2)nc1C1CCc2cccnc21. The van der Waals surface area contributed by atoms with Crippen LogP contribution in [0.1, 0.15) is 59.4 Å². The highest BCUT2D eigenvalue weighted by atomic mass is 35.5. The van der Waals surface area contributed by atoms with Crippen LogP contribution in [0.25, 0.3) is 0 Å². The third kappa shape index (κ3) is 1.92. The minimum Gasteiger partial charge on any atom is -0.260 e. The van der Waals surface area contributed by atoms with Gasteiger partial charge in [0.05, 0.1) is 11.4 Å². The normalized spacial score (nSPS) is 21.0. The van der Waals surface area contributed by atoms with Crippen molar-refractivity contribution >= 4 is 11.6 Å². The minimum absolute atomic E-state index is 0.282. The van der Waals surface area contributed by atoms with E-state index in [-0.39, 0.29) is 5.92 Å². The molecule has 2 aliphatic rings. The summed E-state index contributed by atoms with van der Waals surface area (Å²) in [5.41, 5.74) is 4.62. The Balaban J connectivity index is 1.82. The van der Waals surface area contributed by atoms with Crippen LogP contribution in [-0.4, -0.2) is 15.0 Å². The lowest BCUT2D eigenvalue weighted by Gasteiger charge is -2.15. The molecule has 3 nitrogen and oxygen atoms in total. The second kappa shape index (κ2) is 4.52. The zero-order chi connectivity index (χ0) is 13.7. The molecule has 4 heteroatoms. The number of fused-ring (bicyclic) bond motifs is 1. The van der Waals surface area contributed by atoms with Crippen LogP contribution in [0.5, 0.6) is 0 Å². The number of rotatable bonds is 2. The maximum atomic E-state index is 6.32. The molecule has 4 rings (SSSR count). The second-order valence-electron chi connectivity index (χ2n) is 5.80. The van der Waals surface area contributed by atoms with Crippen molar-refractivity contribution in [3.63, 3.8) is 0 Å². The van der Waals surface area contributed by atoms with E-state index in [1.54, 1.807) is 0 Å². The van der Waals surface area contributed by atoms with Crippen molar-refractivity contribution in [2.75, 3.05) is 0 Å². The van der Waals surface area contributed by atoms with Gasteiger partial charge in [0.2, 0.25) is 0 Å². The number of aryl methyl sites for hydroxylation is 1. The van der Waals surface area contributed by atoms with E-state index in [0.29, 0.717) is 11.1 Å². The van der Waals surface area contributed by atoms with Gasteiger partial charge in [-0.1, -0.05) is 17.7 Å². The van der Waals surface area contributed by atoms with Gasteiger partial charge in [-0.15, -0.1) is 0 Å². The van der Waals surface area contributed by atoms with E-state index in [2.05, 4.69) is 16.0 Å². The lowest BCUT2D eigenvalue weighted by Crippen LogP contribution is -2.08. The van der Waals surface area contributed by atoms with E-state index in [9.17, 15) is 0 Å². The summed E-state index contributed by atoms with van der Waals surface area (Å²) in [6.07, 6.45) is 6.41. The molecule has 1 atom stereocenters. The van der Waals surface area contributed by atoms with Gasteiger partial charge in [-0.2, -0.15) is 0 Å². The van der Waals surface area contributed by atoms with Crippen LogP contribution in [0, 0.1) is 6.92 Å². The lowest BCUT2D eigenvalue weighted by atomic mass is 9.98. The van der Waals surface area contributed by atoms with E-state index in [0.717, 1.165) is 29.9 Å². The van der Waals surface area contributed by atoms with Gasteiger partial charge in [-0.05, 0) is 44.2 Å². The van der Waals surface area contributed by atoms with Gasteiger partial charge in [0.1, 0.15) is 11.0 Å². The Labute approximate surface area is 123 Å². The average molecular weight is 286 g/mol. The van der Waals surface area contributed by atoms with Gasteiger partial charge in [-0.3, -0.25) is 4.98 Å². The summed E-state index contributed by atoms with van der Waals surface area (Å²) in [6.45, 7) is 2.02. The standard InChI is InChI=1S/C16H16ClN3/c1-9-13(19-16(11-4-5-11)20-15(9)17)12-7-6-10-3-2-8-18-14(10)12/h2-3,8,11-12H,4-7H2,1H3. The first-order chi connectivity index (χ1) is 9.74. The molecule has 0 aliphatic heterocycles. The Hall–Kier alpha value is -1.48. The van der Waals surface area contributed by atoms with Crippen molar-refractivity contribution in [1.82, 2.24) is 15.0 Å². The first-order valence-electron chi connectivity index (χ1n) is 7.21. The molecule has 0 N–H and O–H groups in total. The van der Waals surface area contributed by atoms with Gasteiger partial charge in [0.25, 0.3) is 0 Å². The number of hydrogen-bond acceptors (Lipinski definition) is 3. The molecule has 2 aromatic heterocycles. The monoisotopic (exact) mass is 285 g/mol. The smallest absolute Gasteiger partial charge is 0.135 e. The largest absolute Gasteiger partial charge is 0.260 e. The highest BCUT2D eigenvalue weighted by Gasteiger charge is 2.32. The van der Waals surface area contributed by atoms with Crippen molar-refractivity contribution < 1.29 is 0 Å². The third-order valence-corrected chi connectivity index (χ3v) is 4.74. The molecule has 20 heavy (non-hydrogen) atoms. The van der Waals surface area contributed by atoms with Crippen LogP contribution in [-0.2, 0) is 6.42 Å². The molecule has 0 bridgehead atoms. The number of halogens is 1. The quantitative estimate of drug-likeness (QED) is 0.788. The third-order valence-electron chi connectivity index (χ3n) is 4.37. The fourth-order valence-electron chi connectivity index (χ4n) is 3.06. The number of hydrogen-bond donors (Lipinski definition) is 0. The van der Waals surface area contributed by atoms with Crippen molar-refractivity contribution in [2.24, 2.45) is 0 Å². The molecular formula is C16H16ClN3. The van der Waals surface area contributed by atoms with E-state index < -0.39 is 0 Å². The lowest BCUT2D eigenvalue weighted by molar-refractivity contribution is 0.720. The minimum atomic E-state index is 0.282. The summed E-state index contributed by atoms with van der Waals surface area (Å²) in [6, 6.07) is 4.18. The van der Waals surface area contributed by atoms with E-state index in [1.165, 1.54) is 24.1 Å². The molecule has 0 amide bonds. The molecule has 0 aromatic carbocycles. The maximum Gasteiger partial charge on any atom is 0.135 e. The molecule has 2 aromatic rings. The number of aromatic nitrogens is 3. The van der Waals surface area contributed by atoms with Gasteiger partial charge in [0, 0.05) is 23.6 Å².